The zero-order valence-electron chi connectivity index (χ0n) is 15.2. The van der Waals surface area contributed by atoms with E-state index in [1.54, 1.807) is 0 Å². The minimum atomic E-state index is -3.69. The van der Waals surface area contributed by atoms with Gasteiger partial charge in [0.1, 0.15) is 0 Å². The predicted octanol–water partition coefficient (Wildman–Crippen LogP) is 3.14. The van der Waals surface area contributed by atoms with Gasteiger partial charge in [0, 0.05) is 25.6 Å². The van der Waals surface area contributed by atoms with Crippen LogP contribution in [0.2, 0.25) is 0 Å². The summed E-state index contributed by atoms with van der Waals surface area (Å²) in [6.45, 7) is 2.34. The third-order valence-corrected chi connectivity index (χ3v) is 5.12. The van der Waals surface area contributed by atoms with Crippen molar-refractivity contribution in [2.75, 3.05) is 17.1 Å². The molecule has 5 nitrogen and oxygen atoms in total. The van der Waals surface area contributed by atoms with Crippen LogP contribution in [0.1, 0.15) is 24.0 Å². The first-order valence-electron chi connectivity index (χ1n) is 8.42. The molecular formula is C19H22F2N2O3S. The number of carbonyl (C=O) groups excluding carboxylic acids is 1. The Morgan fingerprint density at radius 1 is 1.11 bits per heavy atom. The van der Waals surface area contributed by atoms with Crippen molar-refractivity contribution in [2.45, 2.75) is 26.3 Å². The number of rotatable bonds is 8. The summed E-state index contributed by atoms with van der Waals surface area (Å²) in [5.74, 6) is -2.39. The van der Waals surface area contributed by atoms with Gasteiger partial charge in [-0.1, -0.05) is 29.8 Å². The highest BCUT2D eigenvalue weighted by Gasteiger charge is 2.19. The largest absolute Gasteiger partial charge is 0.352 e. The van der Waals surface area contributed by atoms with Crippen LogP contribution in [0.25, 0.3) is 0 Å². The molecule has 0 aliphatic heterocycles. The highest BCUT2D eigenvalue weighted by molar-refractivity contribution is 7.92. The standard InChI is InChI=1S/C19H22F2N2O3S/c1-14-5-3-6-15(11-14)13-22-19(24)7-4-10-23(27(2,25)26)16-8-9-17(20)18(21)12-16/h3,5-6,8-9,11-12H,4,7,10,13H2,1-2H3,(H,22,24). The molecule has 146 valence electrons. The first kappa shape index (κ1) is 20.8. The fourth-order valence-electron chi connectivity index (χ4n) is 2.62. The van der Waals surface area contributed by atoms with E-state index in [9.17, 15) is 22.0 Å². The molecule has 0 radical (unpaired) electrons. The minimum absolute atomic E-state index is 0.0121. The SMILES string of the molecule is Cc1cccc(CNC(=O)CCCN(c2ccc(F)c(F)c2)S(C)(=O)=O)c1. The van der Waals surface area contributed by atoms with Crippen LogP contribution in [-0.2, 0) is 21.4 Å². The number of nitrogens with one attached hydrogen (secondary N) is 1. The molecular weight excluding hydrogens is 374 g/mol. The van der Waals surface area contributed by atoms with Crippen LogP contribution in [0.5, 0.6) is 0 Å². The van der Waals surface area contributed by atoms with E-state index < -0.39 is 21.7 Å². The van der Waals surface area contributed by atoms with Gasteiger partial charge in [-0.3, -0.25) is 9.10 Å². The molecule has 1 N–H and O–H groups in total. The third-order valence-electron chi connectivity index (χ3n) is 3.93. The van der Waals surface area contributed by atoms with E-state index in [1.807, 2.05) is 31.2 Å². The van der Waals surface area contributed by atoms with Crippen molar-refractivity contribution < 1.29 is 22.0 Å². The molecule has 0 aliphatic carbocycles. The first-order chi connectivity index (χ1) is 12.7. The van der Waals surface area contributed by atoms with Gasteiger partial charge < -0.3 is 5.32 Å². The Morgan fingerprint density at radius 2 is 1.85 bits per heavy atom. The fraction of sp³-hybridized carbons (Fsp3) is 0.316. The highest BCUT2D eigenvalue weighted by Crippen LogP contribution is 2.21. The van der Waals surface area contributed by atoms with Crippen molar-refractivity contribution in [1.29, 1.82) is 0 Å². The number of sulfonamides is 1. The number of hydrogen-bond donors (Lipinski definition) is 1. The minimum Gasteiger partial charge on any atom is -0.352 e. The highest BCUT2D eigenvalue weighted by atomic mass is 32.2. The molecule has 1 amide bonds. The van der Waals surface area contributed by atoms with E-state index in [2.05, 4.69) is 5.32 Å². The van der Waals surface area contributed by atoms with Crippen LogP contribution in [-0.4, -0.2) is 27.1 Å². The fourth-order valence-corrected chi connectivity index (χ4v) is 3.58. The number of amides is 1. The zero-order valence-corrected chi connectivity index (χ0v) is 16.0. The first-order valence-corrected chi connectivity index (χ1v) is 10.3. The molecule has 0 aliphatic rings. The Kier molecular flexibility index (Phi) is 6.90. The van der Waals surface area contributed by atoms with Crippen molar-refractivity contribution >= 4 is 21.6 Å². The van der Waals surface area contributed by atoms with E-state index in [1.165, 1.54) is 6.07 Å². The Bertz CT molecular complexity index is 917. The van der Waals surface area contributed by atoms with Gasteiger partial charge in [-0.25, -0.2) is 17.2 Å². The molecule has 8 heteroatoms. The molecule has 2 rings (SSSR count). The van der Waals surface area contributed by atoms with Crippen molar-refractivity contribution in [1.82, 2.24) is 5.32 Å². The number of nitrogens with zero attached hydrogens (tertiary/aromatic N) is 1. The van der Waals surface area contributed by atoms with Gasteiger partial charge in [0.25, 0.3) is 0 Å². The lowest BCUT2D eigenvalue weighted by atomic mass is 10.1. The summed E-state index contributed by atoms with van der Waals surface area (Å²) in [5.41, 5.74) is 2.09. The predicted molar refractivity (Wildman–Crippen MR) is 101 cm³/mol. The summed E-state index contributed by atoms with van der Waals surface area (Å²) in [4.78, 5) is 12.0. The second-order valence-corrected chi connectivity index (χ2v) is 8.21. The summed E-state index contributed by atoms with van der Waals surface area (Å²) >= 11 is 0. The van der Waals surface area contributed by atoms with Crippen LogP contribution in [0.3, 0.4) is 0 Å². The second-order valence-electron chi connectivity index (χ2n) is 6.30. The topological polar surface area (TPSA) is 66.5 Å². The molecule has 2 aromatic rings. The number of benzene rings is 2. The maximum Gasteiger partial charge on any atom is 0.232 e. The van der Waals surface area contributed by atoms with Crippen molar-refractivity contribution in [3.63, 3.8) is 0 Å². The smallest absolute Gasteiger partial charge is 0.232 e. The molecule has 0 aromatic heterocycles. The average molecular weight is 396 g/mol. The Labute approximate surface area is 158 Å². The molecule has 2 aromatic carbocycles. The Hall–Kier alpha value is -2.48. The molecule has 0 saturated heterocycles. The maximum atomic E-state index is 13.4. The average Bonchev–Trinajstić information content (AvgIpc) is 2.58. The van der Waals surface area contributed by atoms with Crippen molar-refractivity contribution in [3.05, 3.63) is 65.2 Å². The van der Waals surface area contributed by atoms with Crippen LogP contribution in [0, 0.1) is 18.6 Å². The van der Waals surface area contributed by atoms with Gasteiger partial charge in [0.05, 0.1) is 11.9 Å². The van der Waals surface area contributed by atoms with Crippen molar-refractivity contribution in [2.24, 2.45) is 0 Å². The summed E-state index contributed by atoms with van der Waals surface area (Å²) in [6, 6.07) is 10.6. The van der Waals surface area contributed by atoms with Gasteiger partial charge in [-0.05, 0) is 31.0 Å². The molecule has 0 spiro atoms. The third kappa shape index (κ3) is 6.32. The summed E-state index contributed by atoms with van der Waals surface area (Å²) in [7, 11) is -3.69. The normalized spacial score (nSPS) is 11.3. The van der Waals surface area contributed by atoms with Gasteiger partial charge in [0.2, 0.25) is 15.9 Å². The number of aryl methyl sites for hydroxylation is 1. The quantitative estimate of drug-likeness (QED) is 0.746. The Morgan fingerprint density at radius 3 is 2.48 bits per heavy atom. The molecule has 0 unspecified atom stereocenters. The lowest BCUT2D eigenvalue weighted by Crippen LogP contribution is -2.32. The molecule has 27 heavy (non-hydrogen) atoms. The van der Waals surface area contributed by atoms with Gasteiger partial charge in [-0.15, -0.1) is 0 Å². The monoisotopic (exact) mass is 396 g/mol. The van der Waals surface area contributed by atoms with E-state index in [0.717, 1.165) is 33.8 Å². The number of carbonyl (C=O) groups is 1. The second kappa shape index (κ2) is 8.94. The molecule has 0 fully saturated rings. The van der Waals surface area contributed by atoms with E-state index in [4.69, 9.17) is 0 Å². The molecule has 0 bridgehead atoms. The van der Waals surface area contributed by atoms with E-state index in [0.29, 0.717) is 6.54 Å². The van der Waals surface area contributed by atoms with Crippen LogP contribution >= 0.6 is 0 Å². The zero-order chi connectivity index (χ0) is 20.0. The number of halogens is 2. The van der Waals surface area contributed by atoms with Crippen LogP contribution in [0.4, 0.5) is 14.5 Å². The van der Waals surface area contributed by atoms with Crippen LogP contribution in [0.15, 0.2) is 42.5 Å². The van der Waals surface area contributed by atoms with Crippen LogP contribution < -0.4 is 9.62 Å². The summed E-state index contributed by atoms with van der Waals surface area (Å²) in [6.07, 6.45) is 1.33. The van der Waals surface area contributed by atoms with Gasteiger partial charge >= 0.3 is 0 Å². The summed E-state index contributed by atoms with van der Waals surface area (Å²) < 4.78 is 51.4. The molecule has 0 atom stereocenters. The van der Waals surface area contributed by atoms with Gasteiger partial charge in [-0.2, -0.15) is 0 Å². The Balaban J connectivity index is 1.91. The van der Waals surface area contributed by atoms with E-state index in [-0.39, 0.29) is 31.0 Å². The lowest BCUT2D eigenvalue weighted by Gasteiger charge is -2.22. The van der Waals surface area contributed by atoms with Crippen molar-refractivity contribution in [3.8, 4) is 0 Å². The summed E-state index contributed by atoms with van der Waals surface area (Å²) in [5, 5.41) is 2.78. The maximum absolute atomic E-state index is 13.4. The molecule has 0 heterocycles. The number of anilines is 1. The molecule has 0 saturated carbocycles. The number of hydrogen-bond acceptors (Lipinski definition) is 3. The van der Waals surface area contributed by atoms with E-state index >= 15 is 0 Å². The lowest BCUT2D eigenvalue weighted by molar-refractivity contribution is -0.121. The van der Waals surface area contributed by atoms with Gasteiger partial charge in [0.15, 0.2) is 11.6 Å².